The van der Waals surface area contributed by atoms with E-state index in [1.165, 1.54) is 0 Å². The summed E-state index contributed by atoms with van der Waals surface area (Å²) in [7, 11) is -3.62. The fraction of sp³-hybridized carbons (Fsp3) is 0.238. The number of fused-ring (bicyclic) bond motifs is 1. The highest BCUT2D eigenvalue weighted by atomic mass is 32.2. The van der Waals surface area contributed by atoms with Crippen molar-refractivity contribution in [1.29, 1.82) is 0 Å². The molecule has 148 valence electrons. The standard InChI is InChI=1S/C21H19N3O3S2/c25-29(26,19-11-3-7-15-6-1-2-9-17(15)19)24-12-4-8-16(14-24)21-22-20(23-27-21)18-10-5-13-28-18/h1-3,5-7,9-11,13,16H,4,8,12,14H2/t16-/m1/s1. The van der Waals surface area contributed by atoms with Crippen LogP contribution in [-0.2, 0) is 10.0 Å². The molecule has 0 radical (unpaired) electrons. The maximum absolute atomic E-state index is 13.4. The van der Waals surface area contributed by atoms with Crippen molar-refractivity contribution in [3.8, 4) is 10.7 Å². The van der Waals surface area contributed by atoms with Crippen LogP contribution >= 0.6 is 11.3 Å². The van der Waals surface area contributed by atoms with Gasteiger partial charge in [-0.2, -0.15) is 9.29 Å². The molecule has 1 aliphatic heterocycles. The molecule has 6 nitrogen and oxygen atoms in total. The highest BCUT2D eigenvalue weighted by Crippen LogP contribution is 2.33. The van der Waals surface area contributed by atoms with Crippen molar-refractivity contribution in [3.63, 3.8) is 0 Å². The SMILES string of the molecule is O=S(=O)(c1cccc2ccccc12)N1CCC[C@@H](c2nc(-c3cccs3)no2)C1. The van der Waals surface area contributed by atoms with E-state index in [9.17, 15) is 8.42 Å². The molecule has 1 aliphatic rings. The first-order valence-electron chi connectivity index (χ1n) is 9.48. The van der Waals surface area contributed by atoms with E-state index in [2.05, 4.69) is 10.1 Å². The zero-order valence-electron chi connectivity index (χ0n) is 15.6. The van der Waals surface area contributed by atoms with Crippen LogP contribution in [0, 0.1) is 0 Å². The Balaban J connectivity index is 1.44. The Morgan fingerprint density at radius 3 is 2.79 bits per heavy atom. The molecule has 8 heteroatoms. The zero-order valence-corrected chi connectivity index (χ0v) is 17.2. The van der Waals surface area contributed by atoms with Crippen molar-refractivity contribution in [2.45, 2.75) is 23.7 Å². The van der Waals surface area contributed by atoms with Crippen LogP contribution in [-0.4, -0.2) is 36.0 Å². The van der Waals surface area contributed by atoms with E-state index in [0.717, 1.165) is 28.5 Å². The van der Waals surface area contributed by atoms with Crippen LogP contribution in [0.1, 0.15) is 24.7 Å². The van der Waals surface area contributed by atoms with Crippen molar-refractivity contribution in [3.05, 3.63) is 65.9 Å². The Kier molecular flexibility index (Phi) is 4.69. The number of rotatable bonds is 4. The Hall–Kier alpha value is -2.55. The van der Waals surface area contributed by atoms with Gasteiger partial charge < -0.3 is 4.52 Å². The first-order valence-corrected chi connectivity index (χ1v) is 11.8. The Morgan fingerprint density at radius 1 is 1.07 bits per heavy atom. The predicted molar refractivity (Wildman–Crippen MR) is 112 cm³/mol. The summed E-state index contributed by atoms with van der Waals surface area (Å²) in [6.45, 7) is 0.839. The minimum absolute atomic E-state index is 0.102. The van der Waals surface area contributed by atoms with E-state index in [0.29, 0.717) is 29.7 Å². The Labute approximate surface area is 172 Å². The van der Waals surface area contributed by atoms with Crippen molar-refractivity contribution in [2.75, 3.05) is 13.1 Å². The molecule has 1 fully saturated rings. The van der Waals surface area contributed by atoms with E-state index in [1.54, 1.807) is 27.8 Å². The normalized spacial score (nSPS) is 18.3. The molecule has 0 N–H and O–H groups in total. The van der Waals surface area contributed by atoms with Crippen LogP contribution in [0.25, 0.3) is 21.5 Å². The van der Waals surface area contributed by atoms with Gasteiger partial charge in [0.15, 0.2) is 0 Å². The van der Waals surface area contributed by atoms with Gasteiger partial charge in [-0.3, -0.25) is 0 Å². The predicted octanol–water partition coefficient (Wildman–Crippen LogP) is 4.52. The minimum atomic E-state index is -3.62. The molecule has 0 aliphatic carbocycles. The Bertz CT molecular complexity index is 1240. The van der Waals surface area contributed by atoms with E-state index < -0.39 is 10.0 Å². The van der Waals surface area contributed by atoms with Crippen LogP contribution in [0.15, 0.2) is 69.4 Å². The van der Waals surface area contributed by atoms with Gasteiger partial charge in [-0.15, -0.1) is 11.3 Å². The zero-order chi connectivity index (χ0) is 19.8. The lowest BCUT2D eigenvalue weighted by Crippen LogP contribution is -2.39. The summed E-state index contributed by atoms with van der Waals surface area (Å²) < 4.78 is 33.9. The molecule has 0 saturated carbocycles. The molecule has 29 heavy (non-hydrogen) atoms. The lowest BCUT2D eigenvalue weighted by atomic mass is 10.00. The second-order valence-corrected chi connectivity index (χ2v) is 9.97. The van der Waals surface area contributed by atoms with Crippen molar-refractivity contribution in [1.82, 2.24) is 14.4 Å². The number of benzene rings is 2. The topological polar surface area (TPSA) is 76.3 Å². The summed E-state index contributed by atoms with van der Waals surface area (Å²) in [4.78, 5) is 5.82. The monoisotopic (exact) mass is 425 g/mol. The summed E-state index contributed by atoms with van der Waals surface area (Å²) in [5.41, 5.74) is 0. The molecule has 3 heterocycles. The summed E-state index contributed by atoms with van der Waals surface area (Å²) in [6.07, 6.45) is 1.58. The molecule has 5 rings (SSSR count). The summed E-state index contributed by atoms with van der Waals surface area (Å²) in [6, 6.07) is 16.9. The highest BCUT2D eigenvalue weighted by molar-refractivity contribution is 7.89. The maximum Gasteiger partial charge on any atom is 0.243 e. The minimum Gasteiger partial charge on any atom is -0.339 e. The third-order valence-electron chi connectivity index (χ3n) is 5.28. The number of hydrogen-bond donors (Lipinski definition) is 0. The third-order valence-corrected chi connectivity index (χ3v) is 8.07. The quantitative estimate of drug-likeness (QED) is 0.480. The van der Waals surface area contributed by atoms with Crippen LogP contribution in [0.5, 0.6) is 0 Å². The largest absolute Gasteiger partial charge is 0.339 e. The first-order chi connectivity index (χ1) is 14.1. The third kappa shape index (κ3) is 3.37. The average Bonchev–Trinajstić information content (AvgIpc) is 3.45. The molecule has 0 bridgehead atoms. The summed E-state index contributed by atoms with van der Waals surface area (Å²) in [5.74, 6) is 0.963. The van der Waals surface area contributed by atoms with Crippen LogP contribution in [0.2, 0.25) is 0 Å². The average molecular weight is 426 g/mol. The van der Waals surface area contributed by atoms with E-state index in [1.807, 2.05) is 47.8 Å². The van der Waals surface area contributed by atoms with Crippen LogP contribution < -0.4 is 0 Å². The van der Waals surface area contributed by atoms with Gasteiger partial charge in [-0.05, 0) is 35.7 Å². The van der Waals surface area contributed by atoms with E-state index in [4.69, 9.17) is 4.52 Å². The summed E-state index contributed by atoms with van der Waals surface area (Å²) in [5, 5.41) is 7.70. The Morgan fingerprint density at radius 2 is 1.93 bits per heavy atom. The van der Waals surface area contributed by atoms with Crippen molar-refractivity contribution < 1.29 is 12.9 Å². The second-order valence-electron chi connectivity index (χ2n) is 7.11. The van der Waals surface area contributed by atoms with Crippen LogP contribution in [0.3, 0.4) is 0 Å². The lowest BCUT2D eigenvalue weighted by molar-refractivity contribution is 0.266. The number of piperidine rings is 1. The van der Waals surface area contributed by atoms with Gasteiger partial charge in [0, 0.05) is 18.5 Å². The maximum atomic E-state index is 13.4. The fourth-order valence-corrected chi connectivity index (χ4v) is 6.22. The van der Waals surface area contributed by atoms with Gasteiger partial charge in [0.2, 0.25) is 21.7 Å². The van der Waals surface area contributed by atoms with Gasteiger partial charge in [0.25, 0.3) is 0 Å². The number of nitrogens with zero attached hydrogens (tertiary/aromatic N) is 3. The number of thiophene rings is 1. The molecule has 0 amide bonds. The molecule has 4 aromatic rings. The molecule has 0 spiro atoms. The molecule has 2 aromatic carbocycles. The molecule has 1 saturated heterocycles. The number of hydrogen-bond acceptors (Lipinski definition) is 6. The smallest absolute Gasteiger partial charge is 0.243 e. The second kappa shape index (κ2) is 7.37. The molecule has 0 unspecified atom stereocenters. The van der Waals surface area contributed by atoms with Gasteiger partial charge in [-0.25, -0.2) is 8.42 Å². The lowest BCUT2D eigenvalue weighted by Gasteiger charge is -2.30. The first kappa shape index (κ1) is 18.5. The van der Waals surface area contributed by atoms with Crippen molar-refractivity contribution in [2.24, 2.45) is 0 Å². The summed E-state index contributed by atoms with van der Waals surface area (Å²) >= 11 is 1.55. The molecular formula is C21H19N3O3S2. The van der Waals surface area contributed by atoms with Crippen LogP contribution in [0.4, 0.5) is 0 Å². The van der Waals surface area contributed by atoms with Gasteiger partial charge in [0.1, 0.15) is 0 Å². The molecule has 1 atom stereocenters. The van der Waals surface area contributed by atoms with Gasteiger partial charge in [0.05, 0.1) is 15.7 Å². The number of aromatic nitrogens is 2. The fourth-order valence-electron chi connectivity index (χ4n) is 3.83. The molecular weight excluding hydrogens is 406 g/mol. The van der Waals surface area contributed by atoms with Gasteiger partial charge in [-0.1, -0.05) is 47.6 Å². The van der Waals surface area contributed by atoms with E-state index in [-0.39, 0.29) is 5.92 Å². The van der Waals surface area contributed by atoms with E-state index >= 15 is 0 Å². The highest BCUT2D eigenvalue weighted by Gasteiger charge is 2.34. The van der Waals surface area contributed by atoms with Crippen molar-refractivity contribution >= 4 is 32.1 Å². The van der Waals surface area contributed by atoms with Gasteiger partial charge >= 0.3 is 0 Å². The number of sulfonamides is 1. The molecule has 2 aromatic heterocycles.